The van der Waals surface area contributed by atoms with Crippen molar-refractivity contribution in [2.24, 2.45) is 0 Å². The third-order valence-electron chi connectivity index (χ3n) is 5.64. The average Bonchev–Trinajstić information content (AvgIpc) is 3.54. The van der Waals surface area contributed by atoms with Crippen molar-refractivity contribution in [3.8, 4) is 17.0 Å². The summed E-state index contributed by atoms with van der Waals surface area (Å²) in [5.74, 6) is 0.578. The molecule has 0 N–H and O–H groups in total. The predicted octanol–water partition coefficient (Wildman–Crippen LogP) is 6.11. The number of thioether (sulfide) groups is 1. The van der Waals surface area contributed by atoms with Crippen molar-refractivity contribution in [3.63, 3.8) is 0 Å². The van der Waals surface area contributed by atoms with E-state index in [1.54, 1.807) is 42.6 Å². The van der Waals surface area contributed by atoms with Crippen LogP contribution in [0, 0.1) is 0 Å². The molecule has 0 radical (unpaired) electrons. The van der Waals surface area contributed by atoms with E-state index < -0.39 is 5.79 Å². The SMILES string of the molecule is CCSc1nccc(-c2ccc(OC[C@@H]3CO[C@@](Cn4ccnc4)(c4ccc(Cl)cc4Cl)O3)cc2)n1. The highest BCUT2D eigenvalue weighted by atomic mass is 35.5. The minimum Gasteiger partial charge on any atom is -0.491 e. The Kier molecular flexibility index (Phi) is 7.79. The van der Waals surface area contributed by atoms with Crippen molar-refractivity contribution >= 4 is 35.0 Å². The van der Waals surface area contributed by atoms with Crippen LogP contribution in [0.15, 0.2) is 78.6 Å². The first-order valence-corrected chi connectivity index (χ1v) is 13.2. The molecule has 36 heavy (non-hydrogen) atoms. The molecule has 1 fully saturated rings. The second-order valence-electron chi connectivity index (χ2n) is 8.16. The maximum Gasteiger partial charge on any atom is 0.215 e. The fourth-order valence-electron chi connectivity index (χ4n) is 3.99. The summed E-state index contributed by atoms with van der Waals surface area (Å²) in [6, 6.07) is 15.0. The van der Waals surface area contributed by atoms with E-state index in [0.717, 1.165) is 27.9 Å². The number of hydrogen-bond acceptors (Lipinski definition) is 7. The summed E-state index contributed by atoms with van der Waals surface area (Å²) in [5, 5.41) is 1.80. The zero-order chi connectivity index (χ0) is 25.0. The average molecular weight is 543 g/mol. The zero-order valence-electron chi connectivity index (χ0n) is 19.5. The molecular weight excluding hydrogens is 519 g/mol. The summed E-state index contributed by atoms with van der Waals surface area (Å²) < 4.78 is 20.6. The maximum atomic E-state index is 6.54. The lowest BCUT2D eigenvalue weighted by Crippen LogP contribution is -2.34. The first-order valence-electron chi connectivity index (χ1n) is 11.5. The van der Waals surface area contributed by atoms with E-state index in [0.29, 0.717) is 35.4 Å². The highest BCUT2D eigenvalue weighted by molar-refractivity contribution is 7.99. The summed E-state index contributed by atoms with van der Waals surface area (Å²) in [7, 11) is 0. The van der Waals surface area contributed by atoms with Gasteiger partial charge in [0.05, 0.1) is 30.2 Å². The Morgan fingerprint density at radius 2 is 2.00 bits per heavy atom. The van der Waals surface area contributed by atoms with Crippen molar-refractivity contribution in [2.45, 2.75) is 30.5 Å². The molecule has 10 heteroatoms. The van der Waals surface area contributed by atoms with Gasteiger partial charge in [-0.2, -0.15) is 0 Å². The summed E-state index contributed by atoms with van der Waals surface area (Å²) in [6.45, 7) is 3.14. The molecule has 1 aliphatic heterocycles. The van der Waals surface area contributed by atoms with Crippen LogP contribution >= 0.6 is 35.0 Å². The monoisotopic (exact) mass is 542 g/mol. The van der Waals surface area contributed by atoms with Gasteiger partial charge in [0.15, 0.2) is 5.16 Å². The molecule has 1 aliphatic rings. The Hall–Kier alpha value is -2.62. The molecule has 2 aromatic heterocycles. The lowest BCUT2D eigenvalue weighted by atomic mass is 10.1. The summed E-state index contributed by atoms with van der Waals surface area (Å²) >= 11 is 14.3. The molecule has 2 atom stereocenters. The van der Waals surface area contributed by atoms with E-state index in [-0.39, 0.29) is 6.10 Å². The van der Waals surface area contributed by atoms with Crippen LogP contribution < -0.4 is 4.74 Å². The minimum atomic E-state index is -1.08. The van der Waals surface area contributed by atoms with Gasteiger partial charge in [0.2, 0.25) is 5.79 Å². The fourth-order valence-corrected chi connectivity index (χ4v) is 5.10. The van der Waals surface area contributed by atoms with Gasteiger partial charge < -0.3 is 18.8 Å². The number of nitrogens with zero attached hydrogens (tertiary/aromatic N) is 4. The molecule has 0 amide bonds. The minimum absolute atomic E-state index is 0.296. The Morgan fingerprint density at radius 3 is 2.75 bits per heavy atom. The largest absolute Gasteiger partial charge is 0.491 e. The van der Waals surface area contributed by atoms with Crippen molar-refractivity contribution in [1.82, 2.24) is 19.5 Å². The molecule has 1 saturated heterocycles. The lowest BCUT2D eigenvalue weighted by molar-refractivity contribution is -0.189. The van der Waals surface area contributed by atoms with Crippen LogP contribution in [0.3, 0.4) is 0 Å². The number of hydrogen-bond donors (Lipinski definition) is 0. The molecule has 186 valence electrons. The molecule has 0 saturated carbocycles. The van der Waals surface area contributed by atoms with Crippen LogP contribution in [0.25, 0.3) is 11.3 Å². The third-order valence-corrected chi connectivity index (χ3v) is 6.94. The number of benzene rings is 2. The summed E-state index contributed by atoms with van der Waals surface area (Å²) in [5.41, 5.74) is 2.59. The maximum absolute atomic E-state index is 6.54. The third kappa shape index (κ3) is 5.68. The van der Waals surface area contributed by atoms with E-state index >= 15 is 0 Å². The van der Waals surface area contributed by atoms with E-state index in [1.807, 2.05) is 47.2 Å². The molecule has 2 aromatic carbocycles. The van der Waals surface area contributed by atoms with Crippen LogP contribution in [-0.4, -0.2) is 44.6 Å². The van der Waals surface area contributed by atoms with Crippen molar-refractivity contribution in [3.05, 3.63) is 89.1 Å². The van der Waals surface area contributed by atoms with Gasteiger partial charge in [0.25, 0.3) is 0 Å². The standard InChI is InChI=1S/C26H24Cl2N4O3S/c1-2-36-25-30-10-9-24(31-25)18-3-6-20(7-4-18)33-14-21-15-34-26(35-21,16-32-12-11-29-17-32)22-8-5-19(27)13-23(22)28/h3-13,17,21H,2,14-16H2,1H3/t21-,26-/m1/s1. The van der Waals surface area contributed by atoms with Gasteiger partial charge >= 0.3 is 0 Å². The lowest BCUT2D eigenvalue weighted by Gasteiger charge is -2.30. The molecule has 3 heterocycles. The second-order valence-corrected chi connectivity index (χ2v) is 10.2. The van der Waals surface area contributed by atoms with Crippen LogP contribution in [0.4, 0.5) is 0 Å². The molecule has 7 nitrogen and oxygen atoms in total. The number of imidazole rings is 1. The van der Waals surface area contributed by atoms with Crippen LogP contribution in [0.1, 0.15) is 12.5 Å². The molecule has 5 rings (SSSR count). The van der Waals surface area contributed by atoms with Gasteiger partial charge in [-0.25, -0.2) is 15.0 Å². The first-order chi connectivity index (χ1) is 17.5. The molecule has 0 bridgehead atoms. The van der Waals surface area contributed by atoms with E-state index in [4.69, 9.17) is 37.4 Å². The van der Waals surface area contributed by atoms with Gasteiger partial charge in [-0.15, -0.1) is 0 Å². The van der Waals surface area contributed by atoms with Gasteiger partial charge in [-0.3, -0.25) is 0 Å². The van der Waals surface area contributed by atoms with E-state index in [9.17, 15) is 0 Å². The highest BCUT2D eigenvalue weighted by Gasteiger charge is 2.45. The highest BCUT2D eigenvalue weighted by Crippen LogP contribution is 2.40. The normalized spacial score (nSPS) is 19.5. The molecule has 0 spiro atoms. The Labute approximate surface area is 223 Å². The van der Waals surface area contributed by atoms with Gasteiger partial charge in [-0.1, -0.05) is 48.0 Å². The fraction of sp³-hybridized carbons (Fsp3) is 0.269. The van der Waals surface area contributed by atoms with E-state index in [1.165, 1.54) is 0 Å². The first kappa shape index (κ1) is 25.0. The predicted molar refractivity (Wildman–Crippen MR) is 141 cm³/mol. The zero-order valence-corrected chi connectivity index (χ0v) is 21.8. The summed E-state index contributed by atoms with van der Waals surface area (Å²) in [4.78, 5) is 13.0. The Bertz CT molecular complexity index is 1310. The molecule has 0 unspecified atom stereocenters. The quantitative estimate of drug-likeness (QED) is 0.186. The molecule has 0 aliphatic carbocycles. The topological polar surface area (TPSA) is 71.3 Å². The van der Waals surface area contributed by atoms with Gasteiger partial charge in [0.1, 0.15) is 18.5 Å². The Balaban J connectivity index is 1.27. The number of rotatable bonds is 9. The molecular formula is C26H24Cl2N4O3S. The second kappa shape index (κ2) is 11.2. The van der Waals surface area contributed by atoms with E-state index in [2.05, 4.69) is 21.9 Å². The number of ether oxygens (including phenoxy) is 3. The van der Waals surface area contributed by atoms with Crippen molar-refractivity contribution in [2.75, 3.05) is 19.0 Å². The van der Waals surface area contributed by atoms with Gasteiger partial charge in [-0.05, 0) is 48.2 Å². The smallest absolute Gasteiger partial charge is 0.215 e. The van der Waals surface area contributed by atoms with Crippen LogP contribution in [0.2, 0.25) is 10.0 Å². The van der Waals surface area contributed by atoms with Crippen LogP contribution in [0.5, 0.6) is 5.75 Å². The van der Waals surface area contributed by atoms with Crippen LogP contribution in [-0.2, 0) is 21.8 Å². The number of aromatic nitrogens is 4. The van der Waals surface area contributed by atoms with Crippen molar-refractivity contribution < 1.29 is 14.2 Å². The van der Waals surface area contributed by atoms with Gasteiger partial charge in [0, 0.05) is 34.7 Å². The van der Waals surface area contributed by atoms with Crippen molar-refractivity contribution in [1.29, 1.82) is 0 Å². The molecule has 4 aromatic rings. The Morgan fingerprint density at radius 1 is 1.14 bits per heavy atom. The summed E-state index contributed by atoms with van der Waals surface area (Å²) in [6.07, 6.45) is 6.76. The number of halogens is 2.